The minimum atomic E-state index is -1.15. The zero-order valence-corrected chi connectivity index (χ0v) is 25.4. The molecule has 4 rings (SSSR count). The van der Waals surface area contributed by atoms with Crippen molar-refractivity contribution in [3.05, 3.63) is 108 Å². The Morgan fingerprint density at radius 3 is 2.20 bits per heavy atom. The molecule has 0 aliphatic rings. The van der Waals surface area contributed by atoms with Crippen molar-refractivity contribution in [2.24, 2.45) is 0 Å². The first-order valence-electron chi connectivity index (χ1n) is 14.5. The normalized spacial score (nSPS) is 12.7. The van der Waals surface area contributed by atoms with E-state index in [1.54, 1.807) is 51.1 Å². The molecule has 9 nitrogen and oxygen atoms in total. The van der Waals surface area contributed by atoms with Crippen LogP contribution in [0.2, 0.25) is 0 Å². The molecule has 44 heavy (non-hydrogen) atoms. The molecule has 0 aromatic heterocycles. The molecule has 4 aromatic carbocycles. The SMILES string of the molecule is Cc1ccccc1C(C(=O)Nc1ccc2ccccc2c1)N(CCO)C(=O)C(Cc1ccc(O)cc1)NC(=O)OC(C)(C)C. The second-order valence-corrected chi connectivity index (χ2v) is 11.6. The van der Waals surface area contributed by atoms with Gasteiger partial charge in [-0.25, -0.2) is 4.79 Å². The number of amides is 3. The third kappa shape index (κ3) is 8.35. The number of nitrogens with one attached hydrogen (secondary N) is 2. The molecule has 0 bridgehead atoms. The molecule has 0 aliphatic heterocycles. The van der Waals surface area contributed by atoms with Gasteiger partial charge in [0.15, 0.2) is 0 Å². The fraction of sp³-hybridized carbons (Fsp3) is 0.286. The molecule has 0 heterocycles. The molecule has 0 radical (unpaired) electrons. The summed E-state index contributed by atoms with van der Waals surface area (Å²) >= 11 is 0. The zero-order valence-electron chi connectivity index (χ0n) is 25.4. The Hall–Kier alpha value is -4.89. The number of alkyl carbamates (subject to hydrolysis) is 1. The van der Waals surface area contributed by atoms with Crippen LogP contribution in [0.15, 0.2) is 91.0 Å². The number of benzene rings is 4. The molecule has 9 heteroatoms. The number of aryl methyl sites for hydroxylation is 1. The second-order valence-electron chi connectivity index (χ2n) is 11.6. The molecule has 2 atom stereocenters. The first kappa shape index (κ1) is 32.0. The summed E-state index contributed by atoms with van der Waals surface area (Å²) in [5, 5.41) is 27.5. The Bertz CT molecular complexity index is 1610. The minimum Gasteiger partial charge on any atom is -0.508 e. The van der Waals surface area contributed by atoms with Gasteiger partial charge in [-0.15, -0.1) is 0 Å². The maximum absolute atomic E-state index is 14.4. The number of hydrogen-bond donors (Lipinski definition) is 4. The molecule has 0 aliphatic carbocycles. The fourth-order valence-corrected chi connectivity index (χ4v) is 5.01. The van der Waals surface area contributed by atoms with Crippen LogP contribution in [0.5, 0.6) is 5.75 Å². The van der Waals surface area contributed by atoms with E-state index in [0.717, 1.165) is 16.3 Å². The Kier molecular flexibility index (Phi) is 10.2. The van der Waals surface area contributed by atoms with Crippen LogP contribution in [0.3, 0.4) is 0 Å². The number of hydrogen-bond acceptors (Lipinski definition) is 6. The summed E-state index contributed by atoms with van der Waals surface area (Å²) in [6, 6.07) is 24.6. The van der Waals surface area contributed by atoms with Gasteiger partial charge in [0.2, 0.25) is 5.91 Å². The van der Waals surface area contributed by atoms with E-state index in [2.05, 4.69) is 10.6 Å². The predicted octanol–water partition coefficient (Wildman–Crippen LogP) is 5.49. The van der Waals surface area contributed by atoms with Crippen LogP contribution in [-0.4, -0.2) is 57.8 Å². The lowest BCUT2D eigenvalue weighted by molar-refractivity contribution is -0.141. The van der Waals surface area contributed by atoms with Crippen LogP contribution in [0.1, 0.15) is 43.5 Å². The van der Waals surface area contributed by atoms with Gasteiger partial charge in [0, 0.05) is 18.7 Å². The first-order chi connectivity index (χ1) is 20.9. The van der Waals surface area contributed by atoms with Gasteiger partial charge in [0.25, 0.3) is 5.91 Å². The summed E-state index contributed by atoms with van der Waals surface area (Å²) in [5.41, 5.74) is 1.75. The number of carbonyl (C=O) groups excluding carboxylic acids is 3. The smallest absolute Gasteiger partial charge is 0.408 e. The summed E-state index contributed by atoms with van der Waals surface area (Å²) in [4.78, 5) is 42.7. The van der Waals surface area contributed by atoms with E-state index in [9.17, 15) is 24.6 Å². The molecule has 0 saturated carbocycles. The minimum absolute atomic E-state index is 0.0487. The van der Waals surface area contributed by atoms with E-state index in [4.69, 9.17) is 4.74 Å². The molecule has 4 aromatic rings. The highest BCUT2D eigenvalue weighted by Crippen LogP contribution is 2.28. The average molecular weight is 598 g/mol. The Labute approximate surface area is 257 Å². The molecular weight excluding hydrogens is 558 g/mol. The highest BCUT2D eigenvalue weighted by Gasteiger charge is 2.37. The quantitative estimate of drug-likeness (QED) is 0.191. The van der Waals surface area contributed by atoms with Crippen LogP contribution in [0.4, 0.5) is 10.5 Å². The van der Waals surface area contributed by atoms with Crippen molar-refractivity contribution in [1.29, 1.82) is 0 Å². The van der Waals surface area contributed by atoms with Gasteiger partial charge < -0.3 is 30.5 Å². The molecule has 0 spiro atoms. The summed E-state index contributed by atoms with van der Waals surface area (Å²) in [6.45, 7) is 6.40. The van der Waals surface area contributed by atoms with Crippen molar-refractivity contribution >= 4 is 34.4 Å². The number of aromatic hydroxyl groups is 1. The van der Waals surface area contributed by atoms with Crippen molar-refractivity contribution < 1.29 is 29.3 Å². The van der Waals surface area contributed by atoms with E-state index in [1.165, 1.54) is 17.0 Å². The van der Waals surface area contributed by atoms with Crippen molar-refractivity contribution in [3.8, 4) is 5.75 Å². The molecule has 0 saturated heterocycles. The van der Waals surface area contributed by atoms with E-state index in [0.29, 0.717) is 16.8 Å². The van der Waals surface area contributed by atoms with Gasteiger partial charge in [0.1, 0.15) is 23.4 Å². The van der Waals surface area contributed by atoms with E-state index < -0.39 is 42.2 Å². The van der Waals surface area contributed by atoms with Gasteiger partial charge in [0.05, 0.1) is 6.61 Å². The molecule has 3 amide bonds. The van der Waals surface area contributed by atoms with Crippen LogP contribution >= 0.6 is 0 Å². The maximum Gasteiger partial charge on any atom is 0.408 e. The number of fused-ring (bicyclic) bond motifs is 1. The molecular formula is C35H39N3O6. The molecule has 4 N–H and O–H groups in total. The number of carbonyl (C=O) groups is 3. The Morgan fingerprint density at radius 1 is 0.886 bits per heavy atom. The summed E-state index contributed by atoms with van der Waals surface area (Å²) in [6.07, 6.45) is -0.751. The molecule has 2 unspecified atom stereocenters. The van der Waals surface area contributed by atoms with Gasteiger partial charge in [-0.1, -0.05) is 66.7 Å². The van der Waals surface area contributed by atoms with Gasteiger partial charge in [-0.2, -0.15) is 0 Å². The van der Waals surface area contributed by atoms with Crippen molar-refractivity contribution in [3.63, 3.8) is 0 Å². The van der Waals surface area contributed by atoms with Crippen LogP contribution < -0.4 is 10.6 Å². The lowest BCUT2D eigenvalue weighted by Gasteiger charge is -2.34. The number of ether oxygens (including phenoxy) is 1. The first-order valence-corrected chi connectivity index (χ1v) is 14.5. The zero-order chi connectivity index (χ0) is 31.9. The Morgan fingerprint density at radius 2 is 1.55 bits per heavy atom. The van der Waals surface area contributed by atoms with Crippen LogP contribution in [-0.2, 0) is 20.7 Å². The number of nitrogens with zero attached hydrogens (tertiary/aromatic N) is 1. The van der Waals surface area contributed by atoms with Crippen LogP contribution in [0.25, 0.3) is 10.8 Å². The summed E-state index contributed by atoms with van der Waals surface area (Å²) < 4.78 is 5.45. The van der Waals surface area contributed by atoms with Crippen molar-refractivity contribution in [2.45, 2.75) is 51.8 Å². The summed E-state index contributed by atoms with van der Waals surface area (Å²) in [5.74, 6) is -0.999. The number of phenols is 1. The van der Waals surface area contributed by atoms with Gasteiger partial charge in [-0.05, 0) is 79.4 Å². The Balaban J connectivity index is 1.73. The van der Waals surface area contributed by atoms with E-state index >= 15 is 0 Å². The predicted molar refractivity (Wildman–Crippen MR) is 170 cm³/mol. The standard InChI is InChI=1S/C35H39N3O6/c1-23-9-5-8-12-29(23)31(32(41)36-27-16-15-25-10-6-7-11-26(25)22-27)38(19-20-39)33(42)30(37-34(43)44-35(2,3)4)21-24-13-17-28(40)18-14-24/h5-18,22,30-31,39-40H,19-21H2,1-4H3,(H,36,41)(H,37,43). The van der Waals surface area contributed by atoms with E-state index in [1.807, 2.05) is 55.5 Å². The number of anilines is 1. The summed E-state index contributed by atoms with van der Waals surface area (Å²) in [7, 11) is 0. The second kappa shape index (κ2) is 14.1. The number of aliphatic hydroxyl groups excluding tert-OH is 1. The third-order valence-corrected chi connectivity index (χ3v) is 7.05. The highest BCUT2D eigenvalue weighted by molar-refractivity contribution is 6.00. The highest BCUT2D eigenvalue weighted by atomic mass is 16.6. The van der Waals surface area contributed by atoms with Crippen molar-refractivity contribution in [1.82, 2.24) is 10.2 Å². The lowest BCUT2D eigenvalue weighted by Crippen LogP contribution is -2.54. The maximum atomic E-state index is 14.4. The number of rotatable bonds is 10. The molecule has 230 valence electrons. The lowest BCUT2D eigenvalue weighted by atomic mass is 9.97. The number of aliphatic hydroxyl groups is 1. The monoisotopic (exact) mass is 597 g/mol. The number of phenolic OH excluding ortho intramolecular Hbond substituents is 1. The fourth-order valence-electron chi connectivity index (χ4n) is 5.01. The van der Waals surface area contributed by atoms with Gasteiger partial charge >= 0.3 is 6.09 Å². The van der Waals surface area contributed by atoms with Crippen molar-refractivity contribution in [2.75, 3.05) is 18.5 Å². The van der Waals surface area contributed by atoms with Gasteiger partial charge in [-0.3, -0.25) is 9.59 Å². The van der Waals surface area contributed by atoms with Crippen LogP contribution in [0, 0.1) is 6.92 Å². The van der Waals surface area contributed by atoms with E-state index in [-0.39, 0.29) is 18.7 Å². The third-order valence-electron chi connectivity index (χ3n) is 7.05. The largest absolute Gasteiger partial charge is 0.508 e. The molecule has 0 fully saturated rings. The average Bonchev–Trinajstić information content (AvgIpc) is 2.97. The topological polar surface area (TPSA) is 128 Å².